The summed E-state index contributed by atoms with van der Waals surface area (Å²) in [5, 5.41) is 0. The van der Waals surface area contributed by atoms with E-state index in [0.717, 1.165) is 25.7 Å². The highest BCUT2D eigenvalue weighted by Gasteiger charge is 2.56. The Morgan fingerprint density at radius 2 is 1.05 bits per heavy atom. The average molecular weight is 318 g/mol. The van der Waals surface area contributed by atoms with E-state index in [-0.39, 0.29) is 12.1 Å². The largest absolute Gasteiger partial charge is 0.391 e. The maximum Gasteiger partial charge on any atom is 0.391 e. The zero-order chi connectivity index (χ0) is 15.0. The quantitative estimate of drug-likeness (QED) is 0.393. The van der Waals surface area contributed by atoms with Crippen LogP contribution in [0.5, 0.6) is 0 Å². The van der Waals surface area contributed by atoms with Crippen molar-refractivity contribution >= 4 is 8.07 Å². The fraction of sp³-hybridized carbons (Fsp3) is 1.00. The van der Waals surface area contributed by atoms with Crippen molar-refractivity contribution < 1.29 is 26.3 Å². The molecule has 0 N–H and O–H groups in total. The van der Waals surface area contributed by atoms with Gasteiger partial charge in [0.2, 0.25) is 0 Å². The second-order valence-corrected chi connectivity index (χ2v) is 11.4. The maximum atomic E-state index is 13.0. The van der Waals surface area contributed by atoms with Crippen LogP contribution in [0, 0.1) is 11.8 Å². The molecule has 0 aromatic rings. The third kappa shape index (κ3) is 3.71. The zero-order valence-corrected chi connectivity index (χ0v) is 12.3. The minimum atomic E-state index is -4.48. The Balaban J connectivity index is 2.23. The molecule has 2 unspecified atom stereocenters. The Kier molecular flexibility index (Phi) is 4.48. The molecule has 2 rings (SSSR count). The molecule has 0 amide bonds. The fourth-order valence-corrected chi connectivity index (χ4v) is 10.1. The van der Waals surface area contributed by atoms with Crippen LogP contribution < -0.4 is 0 Å². The van der Waals surface area contributed by atoms with Crippen LogP contribution in [0.25, 0.3) is 0 Å². The first-order valence-corrected chi connectivity index (χ1v) is 10.1. The molecule has 0 aromatic heterocycles. The summed E-state index contributed by atoms with van der Waals surface area (Å²) in [4.78, 5) is 0. The van der Waals surface area contributed by atoms with Gasteiger partial charge in [0.05, 0.1) is 19.9 Å². The van der Waals surface area contributed by atoms with Crippen LogP contribution in [0.4, 0.5) is 26.3 Å². The molecule has 118 valence electrons. The van der Waals surface area contributed by atoms with Crippen LogP contribution in [0.15, 0.2) is 0 Å². The predicted molar refractivity (Wildman–Crippen MR) is 67.2 cm³/mol. The Bertz CT molecular complexity index is 303. The number of rotatable bonds is 0. The molecular weight excluding hydrogens is 298 g/mol. The lowest BCUT2D eigenvalue weighted by molar-refractivity contribution is -0.207. The summed E-state index contributed by atoms with van der Waals surface area (Å²) in [6.45, 7) is 0. The first-order chi connectivity index (χ1) is 9.12. The van der Waals surface area contributed by atoms with Crippen LogP contribution in [0.2, 0.25) is 24.2 Å². The first-order valence-electron chi connectivity index (χ1n) is 7.26. The van der Waals surface area contributed by atoms with Crippen molar-refractivity contribution in [3.8, 4) is 0 Å². The maximum absolute atomic E-state index is 13.0. The number of halogens is 6. The second kappa shape index (κ2) is 5.53. The predicted octanol–water partition coefficient (Wildman–Crippen LogP) is 5.77. The third-order valence-corrected chi connectivity index (χ3v) is 10.6. The van der Waals surface area contributed by atoms with Crippen LogP contribution in [0.3, 0.4) is 0 Å². The van der Waals surface area contributed by atoms with Crippen molar-refractivity contribution in [2.75, 3.05) is 0 Å². The van der Waals surface area contributed by atoms with Gasteiger partial charge < -0.3 is 0 Å². The molecule has 1 spiro atoms. The molecular formula is C13H20F6Si. The van der Waals surface area contributed by atoms with E-state index in [4.69, 9.17) is 0 Å². The Labute approximate surface area is 115 Å². The van der Waals surface area contributed by atoms with Gasteiger partial charge in [-0.25, -0.2) is 0 Å². The van der Waals surface area contributed by atoms with Gasteiger partial charge in [-0.05, 0) is 18.5 Å². The minimum absolute atomic E-state index is 0.0308. The first kappa shape index (κ1) is 16.2. The number of hydrogen-bond acceptors (Lipinski definition) is 0. The zero-order valence-electron chi connectivity index (χ0n) is 11.3. The minimum Gasteiger partial charge on any atom is -0.171 e. The van der Waals surface area contributed by atoms with Crippen molar-refractivity contribution in [1.82, 2.24) is 0 Å². The highest BCUT2D eigenvalue weighted by Crippen LogP contribution is 2.53. The van der Waals surface area contributed by atoms with Crippen molar-refractivity contribution in [3.63, 3.8) is 0 Å². The number of alkyl halides is 6. The van der Waals surface area contributed by atoms with Gasteiger partial charge in [0.1, 0.15) is 0 Å². The topological polar surface area (TPSA) is 0 Å². The lowest BCUT2D eigenvalue weighted by atomic mass is 9.95. The Morgan fingerprint density at radius 3 is 1.40 bits per heavy atom. The molecule has 2 fully saturated rings. The van der Waals surface area contributed by atoms with E-state index in [1.807, 2.05) is 0 Å². The van der Waals surface area contributed by atoms with Gasteiger partial charge in [0.15, 0.2) is 0 Å². The fourth-order valence-electron chi connectivity index (χ4n) is 4.02. The molecule has 2 saturated heterocycles. The molecule has 7 heteroatoms. The highest BCUT2D eigenvalue weighted by atomic mass is 28.3. The lowest BCUT2D eigenvalue weighted by Gasteiger charge is -2.44. The third-order valence-electron chi connectivity index (χ3n) is 5.02. The van der Waals surface area contributed by atoms with Crippen molar-refractivity contribution in [2.24, 2.45) is 11.8 Å². The number of hydrogen-bond donors (Lipinski definition) is 0. The molecule has 2 atom stereocenters. The van der Waals surface area contributed by atoms with Gasteiger partial charge in [0, 0.05) is 0 Å². The van der Waals surface area contributed by atoms with Gasteiger partial charge >= 0.3 is 12.4 Å². The van der Waals surface area contributed by atoms with Crippen molar-refractivity contribution in [2.45, 2.75) is 68.6 Å². The highest BCUT2D eigenvalue weighted by molar-refractivity contribution is 6.80. The average Bonchev–Trinajstić information content (AvgIpc) is 2.52. The van der Waals surface area contributed by atoms with E-state index >= 15 is 0 Å². The molecule has 0 radical (unpaired) electrons. The summed E-state index contributed by atoms with van der Waals surface area (Å²) in [5.41, 5.74) is 0. The summed E-state index contributed by atoms with van der Waals surface area (Å²) in [6.07, 6.45) is -6.14. The summed E-state index contributed by atoms with van der Waals surface area (Å²) >= 11 is 0. The van der Waals surface area contributed by atoms with Crippen molar-refractivity contribution in [1.29, 1.82) is 0 Å². The van der Waals surface area contributed by atoms with Crippen LogP contribution >= 0.6 is 0 Å². The van der Waals surface area contributed by atoms with Gasteiger partial charge in [-0.2, -0.15) is 26.3 Å². The summed E-state index contributed by atoms with van der Waals surface area (Å²) in [6, 6.07) is 1.38. The van der Waals surface area contributed by atoms with Crippen LogP contribution in [-0.2, 0) is 0 Å². The van der Waals surface area contributed by atoms with Gasteiger partial charge in [-0.1, -0.05) is 37.8 Å². The molecule has 20 heavy (non-hydrogen) atoms. The van der Waals surface area contributed by atoms with E-state index in [0.29, 0.717) is 12.1 Å². The van der Waals surface area contributed by atoms with Gasteiger partial charge in [-0.3, -0.25) is 0 Å². The summed E-state index contributed by atoms with van der Waals surface area (Å²) in [5.74, 6) is -3.46. The lowest BCUT2D eigenvalue weighted by Crippen LogP contribution is -2.49. The molecule has 0 saturated carbocycles. The SMILES string of the molecule is FC(F)(F)C1CC(C(F)(F)F)C[Si]2(CCCCCC2)C1. The molecule has 2 aliphatic rings. The van der Waals surface area contributed by atoms with E-state index in [9.17, 15) is 26.3 Å². The normalized spacial score (nSPS) is 32.1. The second-order valence-electron chi connectivity index (χ2n) is 6.54. The molecule has 2 aliphatic heterocycles. The monoisotopic (exact) mass is 318 g/mol. The molecule has 0 nitrogen and oxygen atoms in total. The van der Waals surface area contributed by atoms with E-state index < -0.39 is 38.7 Å². The van der Waals surface area contributed by atoms with Crippen molar-refractivity contribution in [3.05, 3.63) is 0 Å². The van der Waals surface area contributed by atoms with E-state index in [1.54, 1.807) is 0 Å². The molecule has 0 aromatic carbocycles. The van der Waals surface area contributed by atoms with Crippen LogP contribution in [-0.4, -0.2) is 20.4 Å². The summed E-state index contributed by atoms with van der Waals surface area (Å²) < 4.78 is 78.0. The molecule has 0 aliphatic carbocycles. The van der Waals surface area contributed by atoms with Gasteiger partial charge in [-0.15, -0.1) is 0 Å². The Morgan fingerprint density at radius 1 is 0.650 bits per heavy atom. The molecule has 0 bridgehead atoms. The van der Waals surface area contributed by atoms with E-state index in [2.05, 4.69) is 0 Å². The smallest absolute Gasteiger partial charge is 0.171 e. The van der Waals surface area contributed by atoms with E-state index in [1.165, 1.54) is 0 Å². The summed E-state index contributed by atoms with van der Waals surface area (Å²) in [7, 11) is -2.41. The Hall–Kier alpha value is -0.203. The van der Waals surface area contributed by atoms with Crippen LogP contribution in [0.1, 0.15) is 32.1 Å². The van der Waals surface area contributed by atoms with Gasteiger partial charge in [0.25, 0.3) is 0 Å². The standard InChI is InChI=1S/C13H20F6Si/c14-12(15,16)10-7-11(13(17,18)19)9-20(8-10)5-3-1-2-4-6-20/h10-11H,1-9H2. The molecule has 2 heterocycles.